The van der Waals surface area contributed by atoms with Crippen molar-refractivity contribution >= 4 is 17.7 Å². The monoisotopic (exact) mass is 263 g/mol. The Labute approximate surface area is 110 Å². The second-order valence-corrected chi connectivity index (χ2v) is 5.21. The zero-order chi connectivity index (χ0) is 13.4. The van der Waals surface area contributed by atoms with Gasteiger partial charge in [-0.3, -0.25) is 14.9 Å². The van der Waals surface area contributed by atoms with E-state index in [4.69, 9.17) is 4.42 Å². The van der Waals surface area contributed by atoms with Gasteiger partial charge in [0.1, 0.15) is 0 Å². The maximum Gasteiger partial charge on any atom is 0.287 e. The maximum atomic E-state index is 12.0. The number of anilines is 1. The van der Waals surface area contributed by atoms with E-state index < -0.39 is 0 Å². The van der Waals surface area contributed by atoms with Gasteiger partial charge in [-0.05, 0) is 25.3 Å². The van der Waals surface area contributed by atoms with Crippen molar-refractivity contribution in [3.8, 4) is 0 Å². The van der Waals surface area contributed by atoms with E-state index >= 15 is 0 Å². The van der Waals surface area contributed by atoms with E-state index in [1.807, 2.05) is 0 Å². The van der Waals surface area contributed by atoms with Crippen LogP contribution < -0.4 is 16.0 Å². The van der Waals surface area contributed by atoms with Gasteiger partial charge in [-0.1, -0.05) is 0 Å². The number of hydrogen-bond donors (Lipinski definition) is 3. The second kappa shape index (κ2) is 4.70. The minimum Gasteiger partial charge on any atom is -0.435 e. The molecule has 2 aliphatic rings. The lowest BCUT2D eigenvalue weighted by Crippen LogP contribution is -2.42. The van der Waals surface area contributed by atoms with Crippen molar-refractivity contribution in [2.75, 3.05) is 5.32 Å². The Balaban J connectivity index is 1.61. The minimum absolute atomic E-state index is 0.181. The van der Waals surface area contributed by atoms with Crippen molar-refractivity contribution in [2.24, 2.45) is 0 Å². The van der Waals surface area contributed by atoms with Crippen LogP contribution in [-0.2, 0) is 4.79 Å². The quantitative estimate of drug-likeness (QED) is 0.755. The molecule has 2 bridgehead atoms. The fourth-order valence-electron chi connectivity index (χ4n) is 2.92. The van der Waals surface area contributed by atoms with Crippen molar-refractivity contribution in [1.82, 2.24) is 10.6 Å². The van der Waals surface area contributed by atoms with Crippen LogP contribution in [0.1, 0.15) is 36.7 Å². The lowest BCUT2D eigenvalue weighted by atomic mass is 9.95. The molecule has 2 aliphatic heterocycles. The molecule has 0 unspecified atom stereocenters. The standard InChI is InChI=1S/C13H17N3O3/c1-7(17)14-12-5-4-11(19-12)13(18)16-10-6-8-2-3-9(10)15-8/h4-5,8-10,15H,2-3,6H2,1H3,(H,14,17)(H,16,18)/t8-,9+,10-/m1/s1. The zero-order valence-electron chi connectivity index (χ0n) is 10.7. The molecule has 6 heteroatoms. The van der Waals surface area contributed by atoms with Crippen molar-refractivity contribution in [3.63, 3.8) is 0 Å². The van der Waals surface area contributed by atoms with E-state index in [1.54, 1.807) is 12.1 Å². The highest BCUT2D eigenvalue weighted by Gasteiger charge is 2.39. The molecule has 0 aromatic carbocycles. The Hall–Kier alpha value is -1.82. The number of carbonyl (C=O) groups excluding carboxylic acids is 2. The van der Waals surface area contributed by atoms with Gasteiger partial charge < -0.3 is 15.1 Å². The second-order valence-electron chi connectivity index (χ2n) is 5.21. The van der Waals surface area contributed by atoms with Crippen LogP contribution in [0.3, 0.4) is 0 Å². The summed E-state index contributed by atoms with van der Waals surface area (Å²) in [5, 5.41) is 8.95. The Kier molecular flexibility index (Phi) is 3.02. The first-order valence-corrected chi connectivity index (χ1v) is 6.56. The van der Waals surface area contributed by atoms with Crippen molar-refractivity contribution in [2.45, 2.75) is 44.3 Å². The molecular formula is C13H17N3O3. The number of rotatable bonds is 3. The first-order valence-electron chi connectivity index (χ1n) is 6.56. The molecule has 0 saturated carbocycles. The van der Waals surface area contributed by atoms with E-state index in [9.17, 15) is 9.59 Å². The van der Waals surface area contributed by atoms with Crippen molar-refractivity contribution < 1.29 is 14.0 Å². The van der Waals surface area contributed by atoms with Crippen molar-refractivity contribution in [3.05, 3.63) is 17.9 Å². The molecule has 19 heavy (non-hydrogen) atoms. The number of nitrogens with one attached hydrogen (secondary N) is 3. The highest BCUT2D eigenvalue weighted by Crippen LogP contribution is 2.28. The van der Waals surface area contributed by atoms with Crippen molar-refractivity contribution in [1.29, 1.82) is 0 Å². The molecule has 2 saturated heterocycles. The molecule has 1 aromatic rings. The van der Waals surface area contributed by atoms with Crippen LogP contribution in [0, 0.1) is 0 Å². The van der Waals surface area contributed by atoms with Gasteiger partial charge in [0.15, 0.2) is 11.6 Å². The van der Waals surface area contributed by atoms with Gasteiger partial charge in [-0.15, -0.1) is 0 Å². The Bertz CT molecular complexity index is 511. The summed E-state index contributed by atoms with van der Waals surface area (Å²) in [6.45, 7) is 1.39. The van der Waals surface area contributed by atoms with Crippen LogP contribution in [0.4, 0.5) is 5.88 Å². The average molecular weight is 263 g/mol. The van der Waals surface area contributed by atoms with E-state index in [2.05, 4.69) is 16.0 Å². The van der Waals surface area contributed by atoms with Crippen LogP contribution in [0.15, 0.2) is 16.5 Å². The number of carbonyl (C=O) groups is 2. The largest absolute Gasteiger partial charge is 0.435 e. The minimum atomic E-state index is -0.226. The molecule has 3 atom stereocenters. The van der Waals surface area contributed by atoms with Crippen LogP contribution in [-0.4, -0.2) is 29.9 Å². The summed E-state index contributed by atoms with van der Waals surface area (Å²) in [6.07, 6.45) is 3.30. The third-order valence-corrected chi connectivity index (χ3v) is 3.75. The molecule has 3 rings (SSSR count). The smallest absolute Gasteiger partial charge is 0.287 e. The van der Waals surface area contributed by atoms with E-state index in [0.717, 1.165) is 12.8 Å². The molecule has 0 radical (unpaired) electrons. The predicted octanol–water partition coefficient (Wildman–Crippen LogP) is 0.861. The molecular weight excluding hydrogens is 246 g/mol. The van der Waals surface area contributed by atoms with E-state index in [1.165, 1.54) is 13.3 Å². The summed E-state index contributed by atoms with van der Waals surface area (Å²) in [7, 11) is 0. The van der Waals surface area contributed by atoms with Crippen LogP contribution in [0.2, 0.25) is 0 Å². The third kappa shape index (κ3) is 2.49. The molecule has 6 nitrogen and oxygen atoms in total. The number of furan rings is 1. The zero-order valence-corrected chi connectivity index (χ0v) is 10.7. The van der Waals surface area contributed by atoms with Crippen LogP contribution >= 0.6 is 0 Å². The Morgan fingerprint density at radius 1 is 1.37 bits per heavy atom. The SMILES string of the molecule is CC(=O)Nc1ccc(C(=O)N[C@@H]2C[C@H]3CC[C@@H]2N3)o1. The van der Waals surface area contributed by atoms with Gasteiger partial charge in [-0.2, -0.15) is 0 Å². The molecule has 0 aliphatic carbocycles. The summed E-state index contributed by atoms with van der Waals surface area (Å²) in [5.41, 5.74) is 0. The lowest BCUT2D eigenvalue weighted by Gasteiger charge is -2.20. The molecule has 3 N–H and O–H groups in total. The summed E-state index contributed by atoms with van der Waals surface area (Å²) < 4.78 is 5.28. The molecule has 102 valence electrons. The number of hydrogen-bond acceptors (Lipinski definition) is 4. The summed E-state index contributed by atoms with van der Waals surface area (Å²) in [6, 6.07) is 4.26. The van der Waals surface area contributed by atoms with Gasteiger partial charge in [-0.25, -0.2) is 0 Å². The third-order valence-electron chi connectivity index (χ3n) is 3.75. The normalized spacial score (nSPS) is 28.4. The topological polar surface area (TPSA) is 83.4 Å². The molecule has 3 heterocycles. The van der Waals surface area contributed by atoms with Gasteiger partial charge >= 0.3 is 0 Å². The van der Waals surface area contributed by atoms with Gasteiger partial charge in [0, 0.05) is 31.1 Å². The Morgan fingerprint density at radius 3 is 2.84 bits per heavy atom. The van der Waals surface area contributed by atoms with Gasteiger partial charge in [0.2, 0.25) is 5.91 Å². The van der Waals surface area contributed by atoms with Crippen LogP contribution in [0.5, 0.6) is 0 Å². The van der Waals surface area contributed by atoms with E-state index in [0.29, 0.717) is 18.0 Å². The number of fused-ring (bicyclic) bond motifs is 2. The molecule has 1 aromatic heterocycles. The fourth-order valence-corrected chi connectivity index (χ4v) is 2.92. The van der Waals surface area contributed by atoms with Gasteiger partial charge in [0.05, 0.1) is 0 Å². The molecule has 2 amide bonds. The first kappa shape index (κ1) is 12.2. The Morgan fingerprint density at radius 2 is 2.21 bits per heavy atom. The number of amides is 2. The molecule has 0 spiro atoms. The fraction of sp³-hybridized carbons (Fsp3) is 0.538. The summed E-state index contributed by atoms with van der Waals surface area (Å²) in [4.78, 5) is 22.9. The summed E-state index contributed by atoms with van der Waals surface area (Å²) >= 11 is 0. The summed E-state index contributed by atoms with van der Waals surface area (Å²) in [5.74, 6) is 0.0739. The van der Waals surface area contributed by atoms with Crippen LogP contribution in [0.25, 0.3) is 0 Å². The average Bonchev–Trinajstić information content (AvgIpc) is 3.03. The van der Waals surface area contributed by atoms with Gasteiger partial charge in [0.25, 0.3) is 5.91 Å². The predicted molar refractivity (Wildman–Crippen MR) is 68.8 cm³/mol. The maximum absolute atomic E-state index is 12.0. The lowest BCUT2D eigenvalue weighted by molar-refractivity contribution is -0.114. The molecule has 2 fully saturated rings. The highest BCUT2D eigenvalue weighted by molar-refractivity contribution is 5.93. The highest BCUT2D eigenvalue weighted by atomic mass is 16.4. The van der Waals surface area contributed by atoms with E-state index in [-0.39, 0.29) is 23.6 Å². The first-order chi connectivity index (χ1) is 9.11.